The molecule has 1 fully saturated rings. The van der Waals surface area contributed by atoms with E-state index in [0.717, 1.165) is 24.3 Å². The molecule has 18 heteroatoms. The van der Waals surface area contributed by atoms with Crippen LogP contribution in [0, 0.1) is 5.82 Å². The number of hydrogen-bond acceptors (Lipinski definition) is 7. The zero-order valence-corrected chi connectivity index (χ0v) is 26.4. The number of carbonyl (C=O) groups is 3. The Morgan fingerprint density at radius 3 is 2.02 bits per heavy atom. The number of halogens is 7. The van der Waals surface area contributed by atoms with Crippen LogP contribution in [-0.2, 0) is 21.6 Å². The van der Waals surface area contributed by atoms with Crippen LogP contribution in [0.5, 0.6) is 0 Å². The third kappa shape index (κ3) is 9.28. The molecule has 0 atom stereocenters. The van der Waals surface area contributed by atoms with Crippen molar-refractivity contribution in [3.05, 3.63) is 46.9 Å². The van der Waals surface area contributed by atoms with Gasteiger partial charge in [-0.25, -0.2) is 14.0 Å². The summed E-state index contributed by atoms with van der Waals surface area (Å²) < 4.78 is 16.6. The van der Waals surface area contributed by atoms with E-state index in [9.17, 15) is 18.8 Å². The first-order valence-corrected chi connectivity index (χ1v) is 14.1. The summed E-state index contributed by atoms with van der Waals surface area (Å²) >= 11 is 30.2. The summed E-state index contributed by atoms with van der Waals surface area (Å²) in [5.74, 6) is -0.376. The van der Waals surface area contributed by atoms with Crippen molar-refractivity contribution in [1.29, 1.82) is 0 Å². The number of aromatic nitrogens is 2. The molecular formula is C23H25Cl6FN6O5. The predicted octanol–water partition coefficient (Wildman–Crippen LogP) is 6.01. The van der Waals surface area contributed by atoms with E-state index in [2.05, 4.69) is 29.9 Å². The number of hydrogen-bond donors (Lipinski definition) is 2. The molecule has 1 aromatic carbocycles. The van der Waals surface area contributed by atoms with Crippen LogP contribution in [0.4, 0.5) is 19.8 Å². The number of aromatic amines is 1. The minimum Gasteiger partial charge on any atom is -0.382 e. The number of likely N-dealkylation sites (N-methyl/N-ethyl adjacent to an activating group) is 1. The van der Waals surface area contributed by atoms with Gasteiger partial charge in [-0.05, 0) is 115 Å². The number of alkyl halides is 6. The maximum atomic E-state index is 13.2. The Balaban J connectivity index is 0.000000327. The SMILES string of the molecule is CN1CCN(C(=O)N2Cc3c(NC(=O)c4ccc(F)cc4)n[nH]c3C2(C)C)CC1.O=C(OC(Cl)(Cl)Cl)OC(Cl)(Cl)Cl. The van der Waals surface area contributed by atoms with Crippen LogP contribution in [-0.4, -0.2) is 84.2 Å². The summed E-state index contributed by atoms with van der Waals surface area (Å²) in [6.45, 7) is 7.40. The average Bonchev–Trinajstić information content (AvgIpc) is 3.35. The highest BCUT2D eigenvalue weighted by molar-refractivity contribution is 6.67. The first-order valence-electron chi connectivity index (χ1n) is 11.8. The lowest BCUT2D eigenvalue weighted by Crippen LogP contribution is -2.54. The molecule has 2 N–H and O–H groups in total. The highest BCUT2D eigenvalue weighted by atomic mass is 35.6. The quantitative estimate of drug-likeness (QED) is 0.291. The zero-order valence-electron chi connectivity index (χ0n) is 21.8. The smallest absolute Gasteiger partial charge is 0.382 e. The molecule has 0 radical (unpaired) electrons. The maximum absolute atomic E-state index is 13.2. The Morgan fingerprint density at radius 1 is 0.976 bits per heavy atom. The van der Waals surface area contributed by atoms with E-state index in [4.69, 9.17) is 69.6 Å². The Morgan fingerprint density at radius 2 is 1.51 bits per heavy atom. The zero-order chi connectivity index (χ0) is 30.8. The molecule has 41 heavy (non-hydrogen) atoms. The number of ether oxygens (including phenoxy) is 2. The molecule has 1 saturated heterocycles. The van der Waals surface area contributed by atoms with Crippen molar-refractivity contribution < 1.29 is 28.2 Å². The molecule has 226 valence electrons. The van der Waals surface area contributed by atoms with Crippen molar-refractivity contribution in [2.24, 2.45) is 0 Å². The lowest BCUT2D eigenvalue weighted by molar-refractivity contribution is 0.0508. The molecule has 3 amide bonds. The van der Waals surface area contributed by atoms with Crippen LogP contribution < -0.4 is 5.32 Å². The lowest BCUT2D eigenvalue weighted by Gasteiger charge is -2.39. The summed E-state index contributed by atoms with van der Waals surface area (Å²) in [5.41, 5.74) is 1.38. The van der Waals surface area contributed by atoms with Gasteiger partial charge >= 0.3 is 20.1 Å². The standard InChI is InChI=1S/C20H25FN6O2.C3Cl6O3/c1-20(2)16-15(12-27(20)19(29)26-10-8-25(3)9-11-26)17(24-23-16)22-18(28)13-4-6-14(21)7-5-13;4-2(5,6)11-1(10)12-3(7,8)9/h4-7H,8-12H2,1-3H3,(H2,22,23,24,28);. The molecule has 2 aromatic rings. The van der Waals surface area contributed by atoms with Crippen molar-refractivity contribution in [1.82, 2.24) is 24.9 Å². The summed E-state index contributed by atoms with van der Waals surface area (Å²) in [4.78, 5) is 42.1. The summed E-state index contributed by atoms with van der Waals surface area (Å²) in [6.07, 6.45) is -1.41. The van der Waals surface area contributed by atoms with Crippen molar-refractivity contribution in [2.45, 2.75) is 33.9 Å². The number of rotatable bonds is 2. The van der Waals surface area contributed by atoms with Gasteiger partial charge in [0, 0.05) is 37.3 Å². The van der Waals surface area contributed by atoms with Crippen LogP contribution >= 0.6 is 69.6 Å². The van der Waals surface area contributed by atoms with Crippen molar-refractivity contribution >= 4 is 93.5 Å². The van der Waals surface area contributed by atoms with Crippen molar-refractivity contribution in [3.63, 3.8) is 0 Å². The number of amides is 3. The highest BCUT2D eigenvalue weighted by Gasteiger charge is 2.45. The third-order valence-electron chi connectivity index (χ3n) is 6.21. The van der Waals surface area contributed by atoms with Crippen LogP contribution in [0.15, 0.2) is 24.3 Å². The predicted molar refractivity (Wildman–Crippen MR) is 154 cm³/mol. The normalized spacial score (nSPS) is 16.8. The van der Waals surface area contributed by atoms with E-state index < -0.39 is 25.5 Å². The number of piperazine rings is 1. The fourth-order valence-electron chi connectivity index (χ4n) is 4.09. The number of nitrogens with one attached hydrogen (secondary N) is 2. The van der Waals surface area contributed by atoms with E-state index in [1.165, 1.54) is 24.3 Å². The van der Waals surface area contributed by atoms with E-state index in [1.807, 2.05) is 30.7 Å². The molecule has 0 unspecified atom stereocenters. The average molecular weight is 697 g/mol. The van der Waals surface area contributed by atoms with Gasteiger partial charge in [-0.1, -0.05) is 0 Å². The number of H-pyrrole nitrogens is 1. The largest absolute Gasteiger partial charge is 0.515 e. The van der Waals surface area contributed by atoms with Crippen LogP contribution in [0.25, 0.3) is 0 Å². The number of nitrogens with zero attached hydrogens (tertiary/aromatic N) is 4. The van der Waals surface area contributed by atoms with Gasteiger partial charge in [0.25, 0.3) is 5.91 Å². The molecule has 0 aliphatic carbocycles. The third-order valence-corrected chi connectivity index (χ3v) is 6.67. The van der Waals surface area contributed by atoms with Gasteiger partial charge in [-0.2, -0.15) is 5.10 Å². The van der Waals surface area contributed by atoms with Gasteiger partial charge in [-0.15, -0.1) is 0 Å². The van der Waals surface area contributed by atoms with Gasteiger partial charge in [-0.3, -0.25) is 9.89 Å². The fourth-order valence-corrected chi connectivity index (χ4v) is 4.46. The molecule has 3 heterocycles. The Hall–Kier alpha value is -1.93. The number of anilines is 1. The number of fused-ring (bicyclic) bond motifs is 1. The summed E-state index contributed by atoms with van der Waals surface area (Å²) in [5, 5.41) is 10.0. The van der Waals surface area contributed by atoms with E-state index >= 15 is 0 Å². The number of urea groups is 1. The molecule has 11 nitrogen and oxygen atoms in total. The van der Waals surface area contributed by atoms with Crippen LogP contribution in [0.1, 0.15) is 35.5 Å². The Kier molecular flexibility index (Phi) is 10.8. The first-order chi connectivity index (χ1) is 18.9. The van der Waals surface area contributed by atoms with Gasteiger partial charge < -0.3 is 29.5 Å². The molecule has 0 bridgehead atoms. The molecule has 1 aromatic heterocycles. The van der Waals surface area contributed by atoms with Gasteiger partial charge in [0.1, 0.15) is 5.82 Å². The lowest BCUT2D eigenvalue weighted by atomic mass is 10.0. The van der Waals surface area contributed by atoms with E-state index in [1.54, 1.807) is 0 Å². The Bertz CT molecular complexity index is 1240. The van der Waals surface area contributed by atoms with Gasteiger partial charge in [0.2, 0.25) is 0 Å². The maximum Gasteiger partial charge on any atom is 0.515 e. The monoisotopic (exact) mass is 694 g/mol. The minimum absolute atomic E-state index is 0.0106. The Labute approximate surface area is 265 Å². The van der Waals surface area contributed by atoms with Crippen LogP contribution in [0.2, 0.25) is 0 Å². The fraction of sp³-hybridized carbons (Fsp3) is 0.478. The molecule has 2 aliphatic rings. The number of benzene rings is 1. The molecule has 0 spiro atoms. The molecular weight excluding hydrogens is 672 g/mol. The number of carbonyl (C=O) groups excluding carboxylic acids is 3. The summed E-state index contributed by atoms with van der Waals surface area (Å²) in [7, 11) is 2.05. The van der Waals surface area contributed by atoms with Crippen LogP contribution in [0.3, 0.4) is 0 Å². The summed E-state index contributed by atoms with van der Waals surface area (Å²) in [6, 6.07) is 5.31. The van der Waals surface area contributed by atoms with Gasteiger partial charge in [0.15, 0.2) is 5.82 Å². The van der Waals surface area contributed by atoms with E-state index in [0.29, 0.717) is 31.0 Å². The minimum atomic E-state index is -2.24. The molecule has 2 aliphatic heterocycles. The second kappa shape index (κ2) is 13.2. The first kappa shape index (κ1) is 33.6. The second-order valence-electron chi connectivity index (χ2n) is 9.45. The van der Waals surface area contributed by atoms with E-state index in [-0.39, 0.29) is 11.9 Å². The highest BCUT2D eigenvalue weighted by Crippen LogP contribution is 2.41. The second-order valence-corrected chi connectivity index (χ2v) is 13.8. The van der Waals surface area contributed by atoms with Crippen molar-refractivity contribution in [2.75, 3.05) is 38.5 Å². The topological polar surface area (TPSA) is 120 Å². The molecule has 0 saturated carbocycles. The molecule has 4 rings (SSSR count). The van der Waals surface area contributed by atoms with Gasteiger partial charge in [0.05, 0.1) is 17.8 Å². The van der Waals surface area contributed by atoms with Crippen molar-refractivity contribution in [3.8, 4) is 0 Å².